The molecule has 0 saturated carbocycles. The summed E-state index contributed by atoms with van der Waals surface area (Å²) in [7, 11) is 0. The van der Waals surface area contributed by atoms with Crippen molar-refractivity contribution in [2.24, 2.45) is 0 Å². The van der Waals surface area contributed by atoms with Crippen molar-refractivity contribution in [3.63, 3.8) is 0 Å². The highest BCUT2D eigenvalue weighted by molar-refractivity contribution is 5.36. The van der Waals surface area contributed by atoms with Crippen LogP contribution in [-0.2, 0) is 25.4 Å². The normalized spacial score (nSPS) is 11.3. The maximum Gasteiger partial charge on any atom is 0.429 e. The van der Waals surface area contributed by atoms with Gasteiger partial charge in [-0.05, 0) is 78.8 Å². The molecular weight excluding hydrogens is 449 g/mol. The highest BCUT2D eigenvalue weighted by atomic mass is 19.3. The first-order chi connectivity index (χ1) is 16.2. The Bertz CT molecular complexity index is 1150. The van der Waals surface area contributed by atoms with E-state index >= 15 is 0 Å². The summed E-state index contributed by atoms with van der Waals surface area (Å²) in [5, 5.41) is 8.73. The van der Waals surface area contributed by atoms with Gasteiger partial charge in [-0.1, -0.05) is 38.0 Å². The summed E-state index contributed by atoms with van der Waals surface area (Å²) in [5.41, 5.74) is 0.296. The van der Waals surface area contributed by atoms with Crippen molar-refractivity contribution in [3.05, 3.63) is 99.9 Å². The lowest BCUT2D eigenvalue weighted by molar-refractivity contribution is -0.187. The summed E-state index contributed by atoms with van der Waals surface area (Å²) in [5.74, 6) is -3.01. The summed E-state index contributed by atoms with van der Waals surface area (Å²) >= 11 is 0. The summed E-state index contributed by atoms with van der Waals surface area (Å²) in [6.45, 7) is 2.05. The fourth-order valence-electron chi connectivity index (χ4n) is 3.62. The minimum atomic E-state index is -3.86. The Morgan fingerprint density at radius 2 is 1.35 bits per heavy atom. The van der Waals surface area contributed by atoms with E-state index in [1.807, 2.05) is 6.92 Å². The standard InChI is InChI=1S/C27H24F5NO/c1-2-3-4-5-19-10-13-23(26(30)14-19)27(31,32)34-21-11-8-18(9-12-21)6-7-20-15-24(28)22(17-33)25(29)16-20/h8-16H,2-7H2,1H3. The molecule has 0 aliphatic carbocycles. The van der Waals surface area contributed by atoms with Crippen LogP contribution in [0.2, 0.25) is 0 Å². The predicted molar refractivity (Wildman–Crippen MR) is 119 cm³/mol. The number of nitrogens with zero attached hydrogens (tertiary/aromatic N) is 1. The Hall–Kier alpha value is -3.40. The lowest BCUT2D eigenvalue weighted by Crippen LogP contribution is -2.23. The van der Waals surface area contributed by atoms with Crippen LogP contribution in [0.5, 0.6) is 5.75 Å². The first-order valence-electron chi connectivity index (χ1n) is 11.1. The van der Waals surface area contributed by atoms with Crippen LogP contribution in [0.25, 0.3) is 0 Å². The molecule has 0 unspecified atom stereocenters. The van der Waals surface area contributed by atoms with Gasteiger partial charge in [-0.25, -0.2) is 13.2 Å². The van der Waals surface area contributed by atoms with Crippen molar-refractivity contribution in [1.29, 1.82) is 5.26 Å². The number of rotatable bonds is 10. The molecular formula is C27H24F5NO. The number of unbranched alkanes of at least 4 members (excludes halogenated alkanes) is 2. The van der Waals surface area contributed by atoms with Crippen molar-refractivity contribution in [1.82, 2.24) is 0 Å². The monoisotopic (exact) mass is 473 g/mol. The molecule has 0 saturated heterocycles. The van der Waals surface area contributed by atoms with Crippen LogP contribution in [0.3, 0.4) is 0 Å². The van der Waals surface area contributed by atoms with Crippen LogP contribution in [0.4, 0.5) is 22.0 Å². The average Bonchev–Trinajstić information content (AvgIpc) is 2.78. The molecule has 0 atom stereocenters. The van der Waals surface area contributed by atoms with Gasteiger partial charge in [0.1, 0.15) is 34.8 Å². The fourth-order valence-corrected chi connectivity index (χ4v) is 3.62. The number of ether oxygens (including phenoxy) is 1. The summed E-state index contributed by atoms with van der Waals surface area (Å²) in [4.78, 5) is 0. The second-order valence-electron chi connectivity index (χ2n) is 8.08. The SMILES string of the molecule is CCCCCc1ccc(C(F)(F)Oc2ccc(CCc3cc(F)c(C#N)c(F)c3)cc2)c(F)c1. The third-order valence-electron chi connectivity index (χ3n) is 5.50. The molecule has 0 N–H and O–H groups in total. The molecule has 0 fully saturated rings. The third kappa shape index (κ3) is 6.34. The topological polar surface area (TPSA) is 33.0 Å². The second-order valence-corrected chi connectivity index (χ2v) is 8.08. The molecule has 7 heteroatoms. The zero-order valence-electron chi connectivity index (χ0n) is 18.7. The van der Waals surface area contributed by atoms with E-state index in [4.69, 9.17) is 10.00 Å². The quantitative estimate of drug-likeness (QED) is 0.224. The molecule has 0 aliphatic rings. The van der Waals surface area contributed by atoms with Gasteiger partial charge in [0.15, 0.2) is 0 Å². The lowest BCUT2D eigenvalue weighted by atomic mass is 10.0. The minimum Gasteiger partial charge on any atom is -0.429 e. The van der Waals surface area contributed by atoms with Crippen LogP contribution in [0, 0.1) is 28.8 Å². The van der Waals surface area contributed by atoms with Gasteiger partial charge in [0.2, 0.25) is 0 Å². The van der Waals surface area contributed by atoms with Crippen molar-refractivity contribution in [2.75, 3.05) is 0 Å². The fraction of sp³-hybridized carbons (Fsp3) is 0.296. The molecule has 0 amide bonds. The van der Waals surface area contributed by atoms with E-state index in [1.54, 1.807) is 12.1 Å². The third-order valence-corrected chi connectivity index (χ3v) is 5.50. The molecule has 0 heterocycles. The molecule has 178 valence electrons. The van der Waals surface area contributed by atoms with E-state index in [-0.39, 0.29) is 12.2 Å². The number of benzene rings is 3. The van der Waals surface area contributed by atoms with Crippen molar-refractivity contribution in [3.8, 4) is 11.8 Å². The lowest BCUT2D eigenvalue weighted by Gasteiger charge is -2.19. The van der Waals surface area contributed by atoms with E-state index in [2.05, 4.69) is 0 Å². The van der Waals surface area contributed by atoms with Gasteiger partial charge < -0.3 is 4.74 Å². The highest BCUT2D eigenvalue weighted by Gasteiger charge is 2.37. The maximum atomic E-state index is 14.6. The predicted octanol–water partition coefficient (Wildman–Crippen LogP) is 7.62. The largest absolute Gasteiger partial charge is 0.429 e. The summed E-state index contributed by atoms with van der Waals surface area (Å²) in [6, 6.07) is 13.1. The van der Waals surface area contributed by atoms with E-state index in [0.29, 0.717) is 24.0 Å². The molecule has 0 aromatic heterocycles. The van der Waals surface area contributed by atoms with Crippen LogP contribution in [0.1, 0.15) is 54.0 Å². The van der Waals surface area contributed by atoms with Gasteiger partial charge in [-0.3, -0.25) is 0 Å². The van der Waals surface area contributed by atoms with E-state index in [1.165, 1.54) is 24.3 Å². The van der Waals surface area contributed by atoms with Crippen molar-refractivity contribution in [2.45, 2.75) is 51.6 Å². The minimum absolute atomic E-state index is 0.143. The highest BCUT2D eigenvalue weighted by Crippen LogP contribution is 2.34. The number of aryl methyl sites for hydroxylation is 3. The first kappa shape index (κ1) is 25.2. The smallest absolute Gasteiger partial charge is 0.429 e. The summed E-state index contributed by atoms with van der Waals surface area (Å²) < 4.78 is 75.8. The maximum absolute atomic E-state index is 14.6. The zero-order valence-corrected chi connectivity index (χ0v) is 18.7. The number of hydrogen-bond donors (Lipinski definition) is 0. The molecule has 0 bridgehead atoms. The second kappa shape index (κ2) is 11.1. The molecule has 0 aliphatic heterocycles. The van der Waals surface area contributed by atoms with Crippen LogP contribution < -0.4 is 4.74 Å². The van der Waals surface area contributed by atoms with Gasteiger partial charge >= 0.3 is 6.11 Å². The Labute approximate surface area is 195 Å². The van der Waals surface area contributed by atoms with E-state index in [0.717, 1.165) is 49.1 Å². The number of halogens is 5. The van der Waals surface area contributed by atoms with Crippen molar-refractivity contribution >= 4 is 0 Å². The van der Waals surface area contributed by atoms with Crippen molar-refractivity contribution < 1.29 is 26.7 Å². The first-order valence-corrected chi connectivity index (χ1v) is 11.1. The molecule has 3 aromatic rings. The molecule has 3 aromatic carbocycles. The van der Waals surface area contributed by atoms with E-state index < -0.39 is 34.7 Å². The van der Waals surface area contributed by atoms with Crippen LogP contribution >= 0.6 is 0 Å². The number of hydrogen-bond acceptors (Lipinski definition) is 2. The molecule has 0 radical (unpaired) electrons. The Morgan fingerprint density at radius 1 is 0.765 bits per heavy atom. The summed E-state index contributed by atoms with van der Waals surface area (Å²) in [6.07, 6.45) is 0.300. The van der Waals surface area contributed by atoms with Gasteiger partial charge in [0.25, 0.3) is 0 Å². The van der Waals surface area contributed by atoms with Gasteiger partial charge in [0.05, 0.1) is 5.56 Å². The zero-order chi connectivity index (χ0) is 24.7. The van der Waals surface area contributed by atoms with Crippen LogP contribution in [0.15, 0.2) is 54.6 Å². The van der Waals surface area contributed by atoms with Gasteiger partial charge in [-0.15, -0.1) is 0 Å². The Morgan fingerprint density at radius 3 is 1.94 bits per heavy atom. The van der Waals surface area contributed by atoms with E-state index in [9.17, 15) is 22.0 Å². The molecule has 0 spiro atoms. The number of nitriles is 1. The molecule has 34 heavy (non-hydrogen) atoms. The molecule has 2 nitrogen and oxygen atoms in total. The van der Waals surface area contributed by atoms with Gasteiger partial charge in [-0.2, -0.15) is 14.0 Å². The molecule has 3 rings (SSSR count). The number of alkyl halides is 2. The van der Waals surface area contributed by atoms with Crippen LogP contribution in [-0.4, -0.2) is 0 Å². The Kier molecular flexibility index (Phi) is 8.27. The van der Waals surface area contributed by atoms with Gasteiger partial charge in [0, 0.05) is 0 Å². The Balaban J connectivity index is 1.63. The average molecular weight is 473 g/mol.